The molecule has 1 saturated heterocycles. The molecule has 1 aliphatic carbocycles. The number of nitrogens with zero attached hydrogens (tertiary/aromatic N) is 3. The Hall–Kier alpha value is -1.66. The number of aliphatic hydroxyl groups is 1. The fourth-order valence-corrected chi connectivity index (χ4v) is 4.94. The maximum atomic E-state index is 12.5. The highest BCUT2D eigenvalue weighted by Crippen LogP contribution is 2.41. The molecule has 2 fully saturated rings. The number of rotatable bonds is 4. The van der Waals surface area contributed by atoms with Gasteiger partial charge in [0.15, 0.2) is 0 Å². The number of thiophene rings is 1. The summed E-state index contributed by atoms with van der Waals surface area (Å²) in [7, 11) is 0. The zero-order valence-electron chi connectivity index (χ0n) is 13.6. The minimum atomic E-state index is -0.346. The Kier molecular flexibility index (Phi) is 4.41. The minimum absolute atomic E-state index is 0.0922. The molecular weight excluding hydrogens is 322 g/mol. The number of hydrogen-bond donors (Lipinski definition) is 1. The van der Waals surface area contributed by atoms with Gasteiger partial charge in [-0.3, -0.25) is 4.79 Å². The highest BCUT2D eigenvalue weighted by molar-refractivity contribution is 7.07. The summed E-state index contributed by atoms with van der Waals surface area (Å²) in [6, 6.07) is 2.18. The number of aliphatic hydroxyl groups excluding tert-OH is 1. The number of likely N-dealkylation sites (tertiary alicyclic amines) is 1. The topological polar surface area (TPSA) is 58.4 Å². The average Bonchev–Trinajstić information content (AvgIpc) is 3.31. The van der Waals surface area contributed by atoms with E-state index in [9.17, 15) is 9.90 Å². The second-order valence-electron chi connectivity index (χ2n) is 7.07. The maximum absolute atomic E-state index is 12.5. The zero-order valence-corrected chi connectivity index (χ0v) is 14.4. The number of aryl methyl sites for hydroxylation is 1. The van der Waals surface area contributed by atoms with Gasteiger partial charge in [0.05, 0.1) is 18.5 Å². The summed E-state index contributed by atoms with van der Waals surface area (Å²) >= 11 is 1.68. The van der Waals surface area contributed by atoms with E-state index in [0.717, 1.165) is 32.4 Å². The highest BCUT2D eigenvalue weighted by Gasteiger charge is 2.43. The van der Waals surface area contributed by atoms with Crippen molar-refractivity contribution < 1.29 is 9.90 Å². The first-order valence-electron chi connectivity index (χ1n) is 8.65. The number of carbonyl (C=O) groups is 1. The zero-order chi connectivity index (χ0) is 16.5. The summed E-state index contributed by atoms with van der Waals surface area (Å²) in [6.07, 6.45) is 8.24. The fraction of sp³-hybridized carbons (Fsp3) is 0.556. The van der Waals surface area contributed by atoms with E-state index in [4.69, 9.17) is 0 Å². The Morgan fingerprint density at radius 3 is 2.88 bits per heavy atom. The third-order valence-corrected chi connectivity index (χ3v) is 6.31. The van der Waals surface area contributed by atoms with Gasteiger partial charge in [-0.15, -0.1) is 0 Å². The lowest BCUT2D eigenvalue weighted by Crippen LogP contribution is -2.35. The highest BCUT2D eigenvalue weighted by atomic mass is 32.1. The molecule has 4 rings (SSSR count). The van der Waals surface area contributed by atoms with Crippen molar-refractivity contribution in [1.82, 2.24) is 14.5 Å². The van der Waals surface area contributed by atoms with Gasteiger partial charge in [-0.2, -0.15) is 11.3 Å². The number of hydrogen-bond acceptors (Lipinski definition) is 4. The van der Waals surface area contributed by atoms with Crippen LogP contribution in [0.4, 0.5) is 0 Å². The normalized spacial score (nSPS) is 29.6. The van der Waals surface area contributed by atoms with Crippen LogP contribution in [0, 0.1) is 11.8 Å². The molecule has 1 N–H and O–H groups in total. The largest absolute Gasteiger partial charge is 0.391 e. The van der Waals surface area contributed by atoms with Gasteiger partial charge in [-0.1, -0.05) is 0 Å². The average molecular weight is 345 g/mol. The smallest absolute Gasteiger partial charge is 0.222 e. The summed E-state index contributed by atoms with van der Waals surface area (Å²) in [5.41, 5.74) is 1.25. The first-order chi connectivity index (χ1) is 11.7. The van der Waals surface area contributed by atoms with E-state index < -0.39 is 0 Å². The number of aromatic nitrogens is 2. The molecule has 0 unspecified atom stereocenters. The first-order valence-corrected chi connectivity index (χ1v) is 9.59. The van der Waals surface area contributed by atoms with Crippen LogP contribution >= 0.6 is 11.3 Å². The number of fused-ring (bicyclic) bond motifs is 1. The van der Waals surface area contributed by atoms with E-state index in [-0.39, 0.29) is 18.1 Å². The molecule has 128 valence electrons. The summed E-state index contributed by atoms with van der Waals surface area (Å²) < 4.78 is 2.02. The van der Waals surface area contributed by atoms with Gasteiger partial charge in [0.1, 0.15) is 0 Å². The van der Waals surface area contributed by atoms with Gasteiger partial charge in [0.2, 0.25) is 5.91 Å². The van der Waals surface area contributed by atoms with E-state index in [2.05, 4.69) is 21.8 Å². The summed E-state index contributed by atoms with van der Waals surface area (Å²) in [6.45, 7) is 1.64. The lowest BCUT2D eigenvalue weighted by atomic mass is 9.77. The third kappa shape index (κ3) is 3.13. The molecule has 24 heavy (non-hydrogen) atoms. The van der Waals surface area contributed by atoms with Gasteiger partial charge in [0, 0.05) is 31.9 Å². The van der Waals surface area contributed by atoms with Crippen molar-refractivity contribution in [3.63, 3.8) is 0 Å². The predicted octanol–water partition coefficient (Wildman–Crippen LogP) is 2.35. The Morgan fingerprint density at radius 2 is 2.17 bits per heavy atom. The summed E-state index contributed by atoms with van der Waals surface area (Å²) in [5.74, 6) is 1.18. The Labute approximate surface area is 145 Å². The molecule has 1 amide bonds. The van der Waals surface area contributed by atoms with Crippen molar-refractivity contribution in [2.45, 2.75) is 37.8 Å². The van der Waals surface area contributed by atoms with Gasteiger partial charge in [-0.25, -0.2) is 4.98 Å². The molecular formula is C18H23N3O2S. The molecule has 2 aliphatic rings. The standard InChI is InChI=1S/C18H23N3O2S/c22-17-8-15-10-21(18(23)2-1-13-3-6-24-11-13)9-14(15)7-16(17)20-5-4-19-12-20/h3-6,11-12,14-17,22H,1-2,7-10H2/t14-,15+,16-,17-/m1/s1. The van der Waals surface area contributed by atoms with Crippen molar-refractivity contribution in [2.75, 3.05) is 13.1 Å². The van der Waals surface area contributed by atoms with Gasteiger partial charge in [0.25, 0.3) is 0 Å². The molecule has 0 aromatic carbocycles. The van der Waals surface area contributed by atoms with Crippen LogP contribution in [0.2, 0.25) is 0 Å². The molecule has 0 radical (unpaired) electrons. The molecule has 2 aromatic rings. The second kappa shape index (κ2) is 6.69. The van der Waals surface area contributed by atoms with E-state index in [0.29, 0.717) is 18.3 Å². The van der Waals surface area contributed by atoms with Crippen molar-refractivity contribution in [3.8, 4) is 0 Å². The summed E-state index contributed by atoms with van der Waals surface area (Å²) in [4.78, 5) is 18.6. The van der Waals surface area contributed by atoms with Crippen LogP contribution in [0.5, 0.6) is 0 Å². The molecule has 2 aromatic heterocycles. The molecule has 3 heterocycles. The van der Waals surface area contributed by atoms with Crippen LogP contribution in [0.15, 0.2) is 35.5 Å². The van der Waals surface area contributed by atoms with Crippen LogP contribution in [-0.2, 0) is 11.2 Å². The first kappa shape index (κ1) is 15.8. The fourth-order valence-electron chi connectivity index (χ4n) is 4.24. The predicted molar refractivity (Wildman–Crippen MR) is 92.7 cm³/mol. The maximum Gasteiger partial charge on any atom is 0.222 e. The van der Waals surface area contributed by atoms with Gasteiger partial charge in [-0.05, 0) is 53.5 Å². The van der Waals surface area contributed by atoms with Crippen molar-refractivity contribution in [2.24, 2.45) is 11.8 Å². The quantitative estimate of drug-likeness (QED) is 0.925. The molecule has 5 nitrogen and oxygen atoms in total. The van der Waals surface area contributed by atoms with E-state index in [1.807, 2.05) is 15.7 Å². The Bertz CT molecular complexity index is 671. The van der Waals surface area contributed by atoms with Crippen molar-refractivity contribution >= 4 is 17.2 Å². The summed E-state index contributed by atoms with van der Waals surface area (Å²) in [5, 5.41) is 14.7. The van der Waals surface area contributed by atoms with Crippen LogP contribution in [-0.4, -0.2) is 44.7 Å². The monoisotopic (exact) mass is 345 g/mol. The lowest BCUT2D eigenvalue weighted by molar-refractivity contribution is -0.130. The second-order valence-corrected chi connectivity index (χ2v) is 7.85. The van der Waals surface area contributed by atoms with E-state index >= 15 is 0 Å². The molecule has 1 saturated carbocycles. The lowest BCUT2D eigenvalue weighted by Gasteiger charge is -2.35. The Morgan fingerprint density at radius 1 is 1.33 bits per heavy atom. The SMILES string of the molecule is O=C(CCc1ccsc1)N1C[C@H]2C[C@@H](n3ccnc3)[C@H](O)C[C@H]2C1. The number of imidazole rings is 1. The molecule has 6 heteroatoms. The van der Waals surface area contributed by atoms with Crippen LogP contribution in [0.1, 0.15) is 30.9 Å². The molecule has 4 atom stereocenters. The van der Waals surface area contributed by atoms with Gasteiger partial charge < -0.3 is 14.6 Å². The van der Waals surface area contributed by atoms with Crippen molar-refractivity contribution in [3.05, 3.63) is 41.1 Å². The minimum Gasteiger partial charge on any atom is -0.391 e. The molecule has 0 spiro atoms. The number of amides is 1. The van der Waals surface area contributed by atoms with Crippen LogP contribution < -0.4 is 0 Å². The Balaban J connectivity index is 1.36. The molecule has 1 aliphatic heterocycles. The number of carbonyl (C=O) groups excluding carboxylic acids is 1. The van der Waals surface area contributed by atoms with Crippen LogP contribution in [0.3, 0.4) is 0 Å². The van der Waals surface area contributed by atoms with E-state index in [1.54, 1.807) is 23.9 Å². The van der Waals surface area contributed by atoms with E-state index in [1.165, 1.54) is 5.56 Å². The van der Waals surface area contributed by atoms with Crippen LogP contribution in [0.25, 0.3) is 0 Å². The third-order valence-electron chi connectivity index (χ3n) is 5.58. The molecule has 0 bridgehead atoms. The van der Waals surface area contributed by atoms with Crippen molar-refractivity contribution in [1.29, 1.82) is 0 Å². The van der Waals surface area contributed by atoms with Gasteiger partial charge >= 0.3 is 0 Å².